The quantitative estimate of drug-likeness (QED) is 0.840. The van der Waals surface area contributed by atoms with Crippen molar-refractivity contribution in [2.45, 2.75) is 39.0 Å². The van der Waals surface area contributed by atoms with Crippen LogP contribution in [0.1, 0.15) is 36.1 Å². The highest BCUT2D eigenvalue weighted by Crippen LogP contribution is 2.31. The molecular weight excluding hydrogens is 276 g/mol. The Kier molecular flexibility index (Phi) is 5.11. The Labute approximate surface area is 122 Å². The third-order valence-corrected chi connectivity index (χ3v) is 4.94. The maximum atomic E-state index is 11.9. The summed E-state index contributed by atoms with van der Waals surface area (Å²) in [6, 6.07) is 0. The zero-order valence-corrected chi connectivity index (χ0v) is 12.4. The van der Waals surface area contributed by atoms with E-state index in [1.807, 2.05) is 6.20 Å². The Morgan fingerprint density at radius 2 is 2.20 bits per heavy atom. The van der Waals surface area contributed by atoms with E-state index in [4.69, 9.17) is 5.11 Å². The number of amides is 1. The summed E-state index contributed by atoms with van der Waals surface area (Å²) in [7, 11) is 0. The summed E-state index contributed by atoms with van der Waals surface area (Å²) in [6.45, 7) is 2.67. The van der Waals surface area contributed by atoms with Crippen molar-refractivity contribution in [2.24, 2.45) is 11.8 Å². The van der Waals surface area contributed by atoms with Gasteiger partial charge in [0.25, 0.3) is 0 Å². The average molecular weight is 296 g/mol. The SMILES string of the molecule is CCc1cnc(CCNC(=O)[C@@H]2CC[C@H](C(=O)O)C2)s1. The second kappa shape index (κ2) is 6.83. The van der Waals surface area contributed by atoms with Crippen LogP contribution >= 0.6 is 11.3 Å². The molecule has 1 aliphatic rings. The maximum Gasteiger partial charge on any atom is 0.306 e. The molecule has 1 amide bonds. The Morgan fingerprint density at radius 1 is 1.45 bits per heavy atom. The molecule has 6 heteroatoms. The normalized spacial score (nSPS) is 21.9. The Balaban J connectivity index is 1.71. The van der Waals surface area contributed by atoms with E-state index < -0.39 is 5.97 Å². The molecule has 2 atom stereocenters. The molecule has 0 saturated heterocycles. The Bertz CT molecular complexity index is 487. The Hall–Kier alpha value is -1.43. The number of thiazole rings is 1. The first-order chi connectivity index (χ1) is 9.60. The topological polar surface area (TPSA) is 79.3 Å². The molecule has 20 heavy (non-hydrogen) atoms. The van der Waals surface area contributed by atoms with E-state index in [2.05, 4.69) is 17.2 Å². The largest absolute Gasteiger partial charge is 0.481 e. The number of aryl methyl sites for hydroxylation is 1. The highest BCUT2D eigenvalue weighted by atomic mass is 32.1. The van der Waals surface area contributed by atoms with Crippen LogP contribution in [-0.4, -0.2) is 28.5 Å². The van der Waals surface area contributed by atoms with Gasteiger partial charge in [-0.1, -0.05) is 6.92 Å². The monoisotopic (exact) mass is 296 g/mol. The van der Waals surface area contributed by atoms with E-state index >= 15 is 0 Å². The number of carbonyl (C=O) groups is 2. The van der Waals surface area contributed by atoms with Gasteiger partial charge in [0, 0.05) is 30.0 Å². The minimum absolute atomic E-state index is 0.0129. The van der Waals surface area contributed by atoms with E-state index in [1.165, 1.54) is 4.88 Å². The van der Waals surface area contributed by atoms with E-state index in [1.54, 1.807) is 11.3 Å². The first-order valence-electron chi connectivity index (χ1n) is 7.04. The van der Waals surface area contributed by atoms with Crippen molar-refractivity contribution in [3.8, 4) is 0 Å². The Morgan fingerprint density at radius 3 is 2.80 bits per heavy atom. The van der Waals surface area contributed by atoms with Crippen molar-refractivity contribution in [3.05, 3.63) is 16.1 Å². The number of nitrogens with one attached hydrogen (secondary N) is 1. The second-order valence-electron chi connectivity index (χ2n) is 5.16. The molecule has 2 N–H and O–H groups in total. The van der Waals surface area contributed by atoms with Gasteiger partial charge in [-0.25, -0.2) is 4.98 Å². The number of carboxylic acids is 1. The van der Waals surface area contributed by atoms with E-state index in [0.717, 1.165) is 17.8 Å². The fourth-order valence-corrected chi connectivity index (χ4v) is 3.37. The van der Waals surface area contributed by atoms with Crippen molar-refractivity contribution >= 4 is 23.2 Å². The molecule has 0 bridgehead atoms. The highest BCUT2D eigenvalue weighted by Gasteiger charge is 2.33. The number of hydrogen-bond donors (Lipinski definition) is 2. The molecule has 1 aromatic heterocycles. The van der Waals surface area contributed by atoms with Gasteiger partial charge in [0.05, 0.1) is 10.9 Å². The molecule has 1 fully saturated rings. The van der Waals surface area contributed by atoms with Crippen LogP contribution in [0.25, 0.3) is 0 Å². The lowest BCUT2D eigenvalue weighted by molar-refractivity contribution is -0.141. The van der Waals surface area contributed by atoms with Crippen molar-refractivity contribution in [3.63, 3.8) is 0 Å². The van der Waals surface area contributed by atoms with E-state index in [0.29, 0.717) is 25.8 Å². The molecule has 0 radical (unpaired) electrons. The summed E-state index contributed by atoms with van der Waals surface area (Å²) >= 11 is 1.68. The fourth-order valence-electron chi connectivity index (χ4n) is 2.51. The van der Waals surface area contributed by atoms with Crippen LogP contribution in [0.2, 0.25) is 0 Å². The summed E-state index contributed by atoms with van der Waals surface area (Å²) in [6.07, 6.45) is 5.38. The van der Waals surface area contributed by atoms with Gasteiger partial charge in [-0.3, -0.25) is 9.59 Å². The smallest absolute Gasteiger partial charge is 0.306 e. The molecule has 1 heterocycles. The lowest BCUT2D eigenvalue weighted by Gasteiger charge is -2.10. The molecule has 2 rings (SSSR count). The molecule has 1 aromatic rings. The van der Waals surface area contributed by atoms with Gasteiger partial charge in [-0.15, -0.1) is 11.3 Å². The molecule has 0 aromatic carbocycles. The molecule has 0 aliphatic heterocycles. The van der Waals surface area contributed by atoms with Crippen LogP contribution in [0.5, 0.6) is 0 Å². The molecule has 0 spiro atoms. The third-order valence-electron chi connectivity index (χ3n) is 3.74. The highest BCUT2D eigenvalue weighted by molar-refractivity contribution is 7.11. The number of hydrogen-bond acceptors (Lipinski definition) is 4. The summed E-state index contributed by atoms with van der Waals surface area (Å²) in [5.74, 6) is -1.29. The summed E-state index contributed by atoms with van der Waals surface area (Å²) in [4.78, 5) is 28.4. The molecule has 5 nitrogen and oxygen atoms in total. The van der Waals surface area contributed by atoms with Crippen molar-refractivity contribution < 1.29 is 14.7 Å². The fraction of sp³-hybridized carbons (Fsp3) is 0.643. The van der Waals surface area contributed by atoms with Crippen LogP contribution in [0.15, 0.2) is 6.20 Å². The predicted molar refractivity (Wildman–Crippen MR) is 76.7 cm³/mol. The number of rotatable bonds is 6. The van der Waals surface area contributed by atoms with Gasteiger partial charge in [0.2, 0.25) is 5.91 Å². The van der Waals surface area contributed by atoms with Crippen molar-refractivity contribution in [1.29, 1.82) is 0 Å². The summed E-state index contributed by atoms with van der Waals surface area (Å²) < 4.78 is 0. The van der Waals surface area contributed by atoms with Crippen LogP contribution in [-0.2, 0) is 22.4 Å². The zero-order chi connectivity index (χ0) is 14.5. The number of aliphatic carboxylic acids is 1. The second-order valence-corrected chi connectivity index (χ2v) is 6.36. The molecule has 1 aliphatic carbocycles. The average Bonchev–Trinajstić information content (AvgIpc) is 3.07. The van der Waals surface area contributed by atoms with Gasteiger partial charge in [-0.05, 0) is 25.7 Å². The zero-order valence-electron chi connectivity index (χ0n) is 11.6. The molecule has 1 saturated carbocycles. The number of carboxylic acid groups (broad SMARTS) is 1. The minimum atomic E-state index is -0.782. The van der Waals surface area contributed by atoms with Gasteiger partial charge < -0.3 is 10.4 Å². The lowest BCUT2D eigenvalue weighted by atomic mass is 10.0. The van der Waals surface area contributed by atoms with Crippen LogP contribution in [0.3, 0.4) is 0 Å². The van der Waals surface area contributed by atoms with Crippen LogP contribution in [0, 0.1) is 11.8 Å². The number of nitrogens with zero attached hydrogens (tertiary/aromatic N) is 1. The van der Waals surface area contributed by atoms with Gasteiger partial charge in [0.1, 0.15) is 0 Å². The standard InChI is InChI=1S/C14H20N2O3S/c1-2-11-8-16-12(20-11)5-6-15-13(17)9-3-4-10(7-9)14(18)19/h8-10H,2-7H2,1H3,(H,15,17)(H,18,19)/t9-,10+/m1/s1. The molecule has 110 valence electrons. The van der Waals surface area contributed by atoms with Gasteiger partial charge in [0.15, 0.2) is 0 Å². The minimum Gasteiger partial charge on any atom is -0.481 e. The van der Waals surface area contributed by atoms with Crippen LogP contribution in [0.4, 0.5) is 0 Å². The van der Waals surface area contributed by atoms with E-state index in [-0.39, 0.29) is 17.7 Å². The lowest BCUT2D eigenvalue weighted by Crippen LogP contribution is -2.31. The summed E-state index contributed by atoms with van der Waals surface area (Å²) in [5.41, 5.74) is 0. The molecule has 0 unspecified atom stereocenters. The summed E-state index contributed by atoms with van der Waals surface area (Å²) in [5, 5.41) is 12.9. The first-order valence-corrected chi connectivity index (χ1v) is 7.86. The number of aromatic nitrogens is 1. The third kappa shape index (κ3) is 3.79. The van der Waals surface area contributed by atoms with E-state index in [9.17, 15) is 9.59 Å². The van der Waals surface area contributed by atoms with Gasteiger partial charge in [-0.2, -0.15) is 0 Å². The maximum absolute atomic E-state index is 11.9. The molecular formula is C14H20N2O3S. The first kappa shape index (κ1) is 15.0. The van der Waals surface area contributed by atoms with Crippen LogP contribution < -0.4 is 5.32 Å². The number of carbonyl (C=O) groups excluding carboxylic acids is 1. The van der Waals surface area contributed by atoms with Gasteiger partial charge >= 0.3 is 5.97 Å². The van der Waals surface area contributed by atoms with Crippen molar-refractivity contribution in [1.82, 2.24) is 10.3 Å². The van der Waals surface area contributed by atoms with Crippen molar-refractivity contribution in [2.75, 3.05) is 6.54 Å². The predicted octanol–water partition coefficient (Wildman–Crippen LogP) is 1.87.